The molecule has 182 valence electrons. The van der Waals surface area contributed by atoms with Crippen molar-refractivity contribution in [2.24, 2.45) is 0 Å². The van der Waals surface area contributed by atoms with Crippen LogP contribution < -0.4 is 15.0 Å². The molecule has 36 heavy (non-hydrogen) atoms. The van der Waals surface area contributed by atoms with Crippen LogP contribution in [0.2, 0.25) is 0 Å². The van der Waals surface area contributed by atoms with Crippen molar-refractivity contribution in [1.29, 1.82) is 0 Å². The van der Waals surface area contributed by atoms with Crippen molar-refractivity contribution in [1.82, 2.24) is 15.5 Å². The summed E-state index contributed by atoms with van der Waals surface area (Å²) in [7, 11) is 0. The zero-order valence-electron chi connectivity index (χ0n) is 20.8. The van der Waals surface area contributed by atoms with Crippen molar-refractivity contribution in [3.63, 3.8) is 0 Å². The SMILES string of the molecule is CCOc1ccc(-c2noc(C3=C(C)N(c4ccc(C)c(C)c4)C(=O)NC3c3ccccc3)n2)cc1. The number of ether oxygens (including phenoxy) is 1. The summed E-state index contributed by atoms with van der Waals surface area (Å²) >= 11 is 0. The molecular weight excluding hydrogens is 452 g/mol. The molecule has 0 bridgehead atoms. The van der Waals surface area contributed by atoms with Gasteiger partial charge in [-0.05, 0) is 80.8 Å². The molecule has 2 amide bonds. The fourth-order valence-corrected chi connectivity index (χ4v) is 4.41. The first-order chi connectivity index (χ1) is 17.5. The Morgan fingerprint density at radius 1 is 0.972 bits per heavy atom. The minimum absolute atomic E-state index is 0.209. The van der Waals surface area contributed by atoms with E-state index in [1.165, 1.54) is 0 Å². The van der Waals surface area contributed by atoms with Gasteiger partial charge in [-0.15, -0.1) is 0 Å². The smallest absolute Gasteiger partial charge is 0.326 e. The summed E-state index contributed by atoms with van der Waals surface area (Å²) < 4.78 is 11.3. The van der Waals surface area contributed by atoms with Gasteiger partial charge in [0.25, 0.3) is 5.89 Å². The van der Waals surface area contributed by atoms with Crippen LogP contribution in [0.15, 0.2) is 83.0 Å². The molecule has 1 unspecified atom stereocenters. The van der Waals surface area contributed by atoms with Gasteiger partial charge >= 0.3 is 6.03 Å². The molecule has 7 heteroatoms. The molecule has 7 nitrogen and oxygen atoms in total. The number of carbonyl (C=O) groups excluding carboxylic acids is 1. The lowest BCUT2D eigenvalue weighted by Crippen LogP contribution is -2.46. The van der Waals surface area contributed by atoms with E-state index in [-0.39, 0.29) is 6.03 Å². The number of nitrogens with zero attached hydrogens (tertiary/aromatic N) is 3. The highest BCUT2D eigenvalue weighted by atomic mass is 16.5. The topological polar surface area (TPSA) is 80.5 Å². The Hall–Kier alpha value is -4.39. The predicted octanol–water partition coefficient (Wildman–Crippen LogP) is 6.45. The number of anilines is 1. The zero-order valence-corrected chi connectivity index (χ0v) is 20.8. The first-order valence-corrected chi connectivity index (χ1v) is 12.0. The first-order valence-electron chi connectivity index (χ1n) is 12.0. The number of carbonyl (C=O) groups is 1. The molecule has 1 atom stereocenters. The largest absolute Gasteiger partial charge is 0.494 e. The van der Waals surface area contributed by atoms with Crippen LogP contribution in [0.4, 0.5) is 10.5 Å². The molecule has 1 aliphatic rings. The predicted molar refractivity (Wildman–Crippen MR) is 140 cm³/mol. The molecule has 0 radical (unpaired) electrons. The van der Waals surface area contributed by atoms with E-state index in [9.17, 15) is 4.79 Å². The maximum Gasteiger partial charge on any atom is 0.326 e. The van der Waals surface area contributed by atoms with E-state index in [4.69, 9.17) is 14.2 Å². The third-order valence-electron chi connectivity index (χ3n) is 6.45. The van der Waals surface area contributed by atoms with Gasteiger partial charge in [0, 0.05) is 11.3 Å². The van der Waals surface area contributed by atoms with Gasteiger partial charge in [0.1, 0.15) is 5.75 Å². The molecule has 0 fully saturated rings. The van der Waals surface area contributed by atoms with E-state index in [1.807, 2.05) is 93.6 Å². The molecule has 4 aromatic rings. The van der Waals surface area contributed by atoms with Crippen LogP contribution in [0.3, 0.4) is 0 Å². The summed E-state index contributed by atoms with van der Waals surface area (Å²) in [6, 6.07) is 22.7. The van der Waals surface area contributed by atoms with Gasteiger partial charge in [0.15, 0.2) is 0 Å². The van der Waals surface area contributed by atoms with Gasteiger partial charge in [-0.2, -0.15) is 4.98 Å². The zero-order chi connectivity index (χ0) is 25.2. The van der Waals surface area contributed by atoms with Crippen molar-refractivity contribution in [2.75, 3.05) is 11.5 Å². The van der Waals surface area contributed by atoms with Gasteiger partial charge in [-0.25, -0.2) is 4.79 Å². The Kier molecular flexibility index (Phi) is 6.29. The van der Waals surface area contributed by atoms with Crippen molar-refractivity contribution in [2.45, 2.75) is 33.7 Å². The van der Waals surface area contributed by atoms with Crippen LogP contribution in [-0.4, -0.2) is 22.8 Å². The molecule has 1 N–H and O–H groups in total. The van der Waals surface area contributed by atoms with Gasteiger partial charge < -0.3 is 14.6 Å². The highest BCUT2D eigenvalue weighted by Crippen LogP contribution is 2.39. The molecule has 0 saturated carbocycles. The Bertz CT molecular complexity index is 1420. The molecule has 0 aliphatic carbocycles. The maximum atomic E-state index is 13.4. The number of hydrogen-bond donors (Lipinski definition) is 1. The van der Waals surface area contributed by atoms with Crippen molar-refractivity contribution < 1.29 is 14.1 Å². The van der Waals surface area contributed by atoms with Gasteiger partial charge in [0.2, 0.25) is 5.82 Å². The van der Waals surface area contributed by atoms with Crippen LogP contribution in [0, 0.1) is 13.8 Å². The van der Waals surface area contributed by atoms with E-state index in [2.05, 4.69) is 17.4 Å². The Morgan fingerprint density at radius 2 is 1.72 bits per heavy atom. The third-order valence-corrected chi connectivity index (χ3v) is 6.45. The van der Waals surface area contributed by atoms with Gasteiger partial charge in [-0.1, -0.05) is 41.6 Å². The highest BCUT2D eigenvalue weighted by Gasteiger charge is 2.36. The quantitative estimate of drug-likeness (QED) is 0.343. The number of allylic oxidation sites excluding steroid dienone is 1. The average Bonchev–Trinajstić information content (AvgIpc) is 3.37. The number of rotatable bonds is 6. The van der Waals surface area contributed by atoms with E-state index in [0.717, 1.165) is 45.0 Å². The van der Waals surface area contributed by atoms with E-state index in [1.54, 1.807) is 4.90 Å². The van der Waals surface area contributed by atoms with Crippen LogP contribution in [-0.2, 0) is 0 Å². The highest BCUT2D eigenvalue weighted by molar-refractivity contribution is 6.01. The second kappa shape index (κ2) is 9.70. The Balaban J connectivity index is 1.61. The fourth-order valence-electron chi connectivity index (χ4n) is 4.41. The summed E-state index contributed by atoms with van der Waals surface area (Å²) in [5, 5.41) is 7.40. The number of benzene rings is 3. The summed E-state index contributed by atoms with van der Waals surface area (Å²) in [6.07, 6.45) is 0. The van der Waals surface area contributed by atoms with Crippen molar-refractivity contribution in [3.05, 3.63) is 101 Å². The molecule has 1 aliphatic heterocycles. The Labute approximate surface area is 210 Å². The lowest BCUT2D eigenvalue weighted by atomic mass is 9.94. The summed E-state index contributed by atoms with van der Waals surface area (Å²) in [6.45, 7) is 8.55. The normalized spacial score (nSPS) is 15.7. The summed E-state index contributed by atoms with van der Waals surface area (Å²) in [5.41, 5.74) is 6.28. The number of aryl methyl sites for hydroxylation is 2. The summed E-state index contributed by atoms with van der Waals surface area (Å²) in [4.78, 5) is 19.8. The number of aromatic nitrogens is 2. The monoisotopic (exact) mass is 480 g/mol. The van der Waals surface area contributed by atoms with Gasteiger partial charge in [-0.3, -0.25) is 4.90 Å². The van der Waals surface area contributed by atoms with Crippen LogP contribution >= 0.6 is 0 Å². The van der Waals surface area contributed by atoms with Crippen LogP contribution in [0.25, 0.3) is 17.0 Å². The average molecular weight is 481 g/mol. The molecule has 2 heterocycles. The molecule has 1 aromatic heterocycles. The van der Waals surface area contributed by atoms with Crippen LogP contribution in [0.5, 0.6) is 5.75 Å². The molecule has 0 spiro atoms. The minimum atomic E-state index is -0.435. The second-order valence-corrected chi connectivity index (χ2v) is 8.78. The standard InChI is InChI=1S/C29H28N4O3/c1-5-35-24-15-12-22(13-16-24)27-31-28(36-32-27)25-20(4)33(23-14-11-18(2)19(3)17-23)29(34)30-26(25)21-9-7-6-8-10-21/h6-17,26H,5H2,1-4H3,(H,30,34). The number of amides is 2. The fraction of sp³-hybridized carbons (Fsp3) is 0.207. The van der Waals surface area contributed by atoms with E-state index in [0.29, 0.717) is 18.3 Å². The van der Waals surface area contributed by atoms with Crippen molar-refractivity contribution >= 4 is 17.3 Å². The lowest BCUT2D eigenvalue weighted by Gasteiger charge is -2.35. The minimum Gasteiger partial charge on any atom is -0.494 e. The molecule has 5 rings (SSSR count). The number of nitrogens with one attached hydrogen (secondary N) is 1. The Morgan fingerprint density at radius 3 is 2.42 bits per heavy atom. The molecule has 0 saturated heterocycles. The number of urea groups is 1. The second-order valence-electron chi connectivity index (χ2n) is 8.78. The van der Waals surface area contributed by atoms with E-state index < -0.39 is 6.04 Å². The maximum absolute atomic E-state index is 13.4. The van der Waals surface area contributed by atoms with E-state index >= 15 is 0 Å². The molecular formula is C29H28N4O3. The number of hydrogen-bond acceptors (Lipinski definition) is 5. The van der Waals surface area contributed by atoms with Crippen LogP contribution in [0.1, 0.15) is 42.5 Å². The molecule has 3 aromatic carbocycles. The van der Waals surface area contributed by atoms with Crippen molar-refractivity contribution in [3.8, 4) is 17.1 Å². The first kappa shape index (κ1) is 23.4. The summed E-state index contributed by atoms with van der Waals surface area (Å²) in [5.74, 6) is 1.61. The lowest BCUT2D eigenvalue weighted by molar-refractivity contribution is 0.244. The third kappa shape index (κ3) is 4.35. The van der Waals surface area contributed by atoms with Gasteiger partial charge in [0.05, 0.1) is 23.9 Å².